The molecule has 3 aromatic rings. The Bertz CT molecular complexity index is 1640. The van der Waals surface area contributed by atoms with Gasteiger partial charge in [-0.05, 0) is 104 Å². The molecule has 3 fully saturated rings. The van der Waals surface area contributed by atoms with Crippen molar-refractivity contribution in [1.82, 2.24) is 15.2 Å². The number of para-hydroxylation sites is 1. The molecule has 5 atom stereocenters. The van der Waals surface area contributed by atoms with Gasteiger partial charge in [0, 0.05) is 55.8 Å². The molecule has 3 aliphatic rings. The van der Waals surface area contributed by atoms with Crippen molar-refractivity contribution in [2.24, 2.45) is 0 Å². The third kappa shape index (κ3) is 9.02. The van der Waals surface area contributed by atoms with Gasteiger partial charge in [0.05, 0.1) is 12.7 Å². The van der Waals surface area contributed by atoms with E-state index in [2.05, 4.69) is 66.6 Å². The molecule has 52 heavy (non-hydrogen) atoms. The normalized spacial score (nSPS) is 20.1. The number of aliphatic hydroxyl groups is 5. The maximum atomic E-state index is 13.5. The Morgan fingerprint density at radius 3 is 2.48 bits per heavy atom. The van der Waals surface area contributed by atoms with Gasteiger partial charge in [0.25, 0.3) is 5.91 Å². The van der Waals surface area contributed by atoms with Crippen molar-refractivity contribution in [2.75, 3.05) is 26.4 Å². The Kier molecular flexibility index (Phi) is 12.6. The number of nitrogens with one attached hydrogen (secondary N) is 1. The number of carbonyl (C=O) groups excluding carboxylic acids is 1. The van der Waals surface area contributed by atoms with E-state index in [0.717, 1.165) is 49.0 Å². The van der Waals surface area contributed by atoms with Crippen LogP contribution in [0.4, 0.5) is 0 Å². The van der Waals surface area contributed by atoms with E-state index in [1.165, 1.54) is 22.3 Å². The van der Waals surface area contributed by atoms with Gasteiger partial charge in [-0.3, -0.25) is 9.78 Å². The van der Waals surface area contributed by atoms with Crippen LogP contribution in [-0.2, 0) is 21.6 Å². The van der Waals surface area contributed by atoms with Crippen LogP contribution in [0.2, 0.25) is 0 Å². The largest absolute Gasteiger partial charge is 0.490 e. The van der Waals surface area contributed by atoms with Gasteiger partial charge >= 0.3 is 0 Å². The van der Waals surface area contributed by atoms with Gasteiger partial charge in [-0.1, -0.05) is 43.3 Å². The van der Waals surface area contributed by atoms with E-state index in [9.17, 15) is 25.2 Å². The molecule has 2 aliphatic carbocycles. The average Bonchev–Trinajstić information content (AvgIpc) is 4.13. The van der Waals surface area contributed by atoms with E-state index in [1.807, 2.05) is 18.5 Å². The molecule has 0 bridgehead atoms. The zero-order valence-electron chi connectivity index (χ0n) is 30.4. The lowest BCUT2D eigenvalue weighted by Gasteiger charge is -2.37. The standard InChI is InChI=1S/C41H55N3O8/c1-26(6-5-19-44(30-14-20-51-21-15-30)40(50)39(49)38(48)37(47)35(46)25-45)28-10-9-27(2)29(22-28)23-43-41(16-17-41)34-24-42-18-13-32(34)33-7-3-4-8-36(33)52-31-11-12-31/h3-4,7-10,13,18,22,24,26,30-31,35,37-39,43,45-49H,5-6,11-12,14-17,19-21,23,25H2,1-2H3/t26?,35-,37+,38-,39-/m0/s1. The molecule has 282 valence electrons. The van der Waals surface area contributed by atoms with E-state index >= 15 is 0 Å². The molecule has 1 unspecified atom stereocenters. The second-order valence-corrected chi connectivity index (χ2v) is 15.0. The summed E-state index contributed by atoms with van der Waals surface area (Å²) < 4.78 is 11.8. The van der Waals surface area contributed by atoms with Crippen LogP contribution in [-0.4, -0.2) is 104 Å². The van der Waals surface area contributed by atoms with Gasteiger partial charge in [0.2, 0.25) is 0 Å². The van der Waals surface area contributed by atoms with E-state index in [4.69, 9.17) is 14.6 Å². The van der Waals surface area contributed by atoms with Gasteiger partial charge in [0.15, 0.2) is 6.10 Å². The highest BCUT2D eigenvalue weighted by molar-refractivity contribution is 5.81. The van der Waals surface area contributed by atoms with E-state index in [0.29, 0.717) is 51.7 Å². The van der Waals surface area contributed by atoms with Crippen LogP contribution in [0.25, 0.3) is 11.1 Å². The third-order valence-corrected chi connectivity index (χ3v) is 11.1. The lowest BCUT2D eigenvalue weighted by molar-refractivity contribution is -0.162. The lowest BCUT2D eigenvalue weighted by atomic mass is 9.92. The number of ether oxygens (including phenoxy) is 2. The molecule has 1 aliphatic heterocycles. The van der Waals surface area contributed by atoms with E-state index in [-0.39, 0.29) is 17.5 Å². The van der Waals surface area contributed by atoms with E-state index in [1.54, 1.807) is 4.90 Å². The number of rotatable bonds is 18. The Morgan fingerprint density at radius 2 is 1.77 bits per heavy atom. The number of aryl methyl sites for hydroxylation is 1. The van der Waals surface area contributed by atoms with Crippen LogP contribution >= 0.6 is 0 Å². The highest BCUT2D eigenvalue weighted by Gasteiger charge is 2.46. The molecular formula is C41H55N3O8. The zero-order chi connectivity index (χ0) is 36.8. The predicted octanol–water partition coefficient (Wildman–Crippen LogP) is 3.70. The summed E-state index contributed by atoms with van der Waals surface area (Å²) in [5.74, 6) is 0.423. The summed E-state index contributed by atoms with van der Waals surface area (Å²) in [5.41, 5.74) is 6.96. The van der Waals surface area contributed by atoms with Crippen molar-refractivity contribution in [3.8, 4) is 16.9 Å². The van der Waals surface area contributed by atoms with E-state index < -0.39 is 36.9 Å². The molecule has 11 nitrogen and oxygen atoms in total. The smallest absolute Gasteiger partial charge is 0.254 e. The monoisotopic (exact) mass is 717 g/mol. The molecule has 2 heterocycles. The Labute approximate surface area is 306 Å². The van der Waals surface area contributed by atoms with Crippen LogP contribution in [0.5, 0.6) is 5.75 Å². The molecule has 2 aromatic carbocycles. The highest BCUT2D eigenvalue weighted by atomic mass is 16.5. The van der Waals surface area contributed by atoms with Crippen molar-refractivity contribution >= 4 is 5.91 Å². The fraction of sp³-hybridized carbons (Fsp3) is 0.561. The summed E-state index contributed by atoms with van der Waals surface area (Å²) in [6, 6.07) is 16.8. The number of hydrogen-bond acceptors (Lipinski definition) is 10. The van der Waals surface area contributed by atoms with Crippen molar-refractivity contribution in [1.29, 1.82) is 0 Å². The molecule has 1 amide bonds. The Hall–Kier alpha value is -3.42. The molecule has 2 saturated carbocycles. The predicted molar refractivity (Wildman–Crippen MR) is 197 cm³/mol. The fourth-order valence-electron chi connectivity index (χ4n) is 7.33. The molecule has 0 radical (unpaired) electrons. The first-order valence-electron chi connectivity index (χ1n) is 18.9. The molecular weight excluding hydrogens is 662 g/mol. The van der Waals surface area contributed by atoms with Crippen LogP contribution in [0.1, 0.15) is 86.5 Å². The molecule has 1 saturated heterocycles. The Morgan fingerprint density at radius 1 is 1.02 bits per heavy atom. The molecule has 6 N–H and O–H groups in total. The molecule has 11 heteroatoms. The first kappa shape index (κ1) is 38.3. The number of pyridine rings is 1. The van der Waals surface area contributed by atoms with Gasteiger partial charge < -0.3 is 45.2 Å². The van der Waals surface area contributed by atoms with Crippen molar-refractivity contribution in [2.45, 2.75) is 120 Å². The molecule has 1 aromatic heterocycles. The molecule has 6 rings (SSSR count). The SMILES string of the molecule is Cc1ccc(C(C)CCCN(C(=O)[C@@H](O)[C@@H](O)[C@H](O)[C@@H](O)CO)C2CCOCC2)cc1CNC1(c2cnccc2-c2ccccc2OC2CC2)CC1. The number of benzene rings is 2. The maximum Gasteiger partial charge on any atom is 0.254 e. The summed E-state index contributed by atoms with van der Waals surface area (Å²) in [7, 11) is 0. The van der Waals surface area contributed by atoms with Crippen molar-refractivity contribution in [3.05, 3.63) is 83.2 Å². The minimum absolute atomic E-state index is 0.158. The fourth-order valence-corrected chi connectivity index (χ4v) is 7.33. The summed E-state index contributed by atoms with van der Waals surface area (Å²) in [5, 5.41) is 54.1. The number of hydrogen-bond donors (Lipinski definition) is 6. The first-order chi connectivity index (χ1) is 25.1. The maximum absolute atomic E-state index is 13.5. The highest BCUT2D eigenvalue weighted by Crippen LogP contribution is 2.50. The lowest BCUT2D eigenvalue weighted by Crippen LogP contribution is -2.55. The summed E-state index contributed by atoms with van der Waals surface area (Å²) in [6.45, 7) is 5.56. The average molecular weight is 718 g/mol. The minimum atomic E-state index is -1.94. The second kappa shape index (κ2) is 17.2. The van der Waals surface area contributed by atoms with Gasteiger partial charge in [-0.25, -0.2) is 0 Å². The second-order valence-electron chi connectivity index (χ2n) is 15.0. The van der Waals surface area contributed by atoms with Crippen LogP contribution in [0, 0.1) is 6.92 Å². The number of amides is 1. The first-order valence-corrected chi connectivity index (χ1v) is 18.9. The summed E-state index contributed by atoms with van der Waals surface area (Å²) >= 11 is 0. The minimum Gasteiger partial charge on any atom is -0.490 e. The number of nitrogens with zero attached hydrogens (tertiary/aromatic N) is 2. The van der Waals surface area contributed by atoms with Crippen LogP contribution in [0.15, 0.2) is 60.9 Å². The van der Waals surface area contributed by atoms with Crippen LogP contribution in [0.3, 0.4) is 0 Å². The Balaban J connectivity index is 1.10. The zero-order valence-corrected chi connectivity index (χ0v) is 30.4. The third-order valence-electron chi connectivity index (χ3n) is 11.1. The summed E-state index contributed by atoms with van der Waals surface area (Å²) in [4.78, 5) is 19.6. The summed E-state index contributed by atoms with van der Waals surface area (Å²) in [6.07, 6.45) is 3.67. The number of aliphatic hydroxyl groups excluding tert-OH is 5. The number of aromatic nitrogens is 1. The topological polar surface area (TPSA) is 165 Å². The van der Waals surface area contributed by atoms with Gasteiger partial charge in [-0.15, -0.1) is 0 Å². The van der Waals surface area contributed by atoms with Gasteiger partial charge in [0.1, 0.15) is 24.1 Å². The quantitative estimate of drug-likeness (QED) is 0.114. The van der Waals surface area contributed by atoms with Crippen molar-refractivity contribution < 1.29 is 39.8 Å². The number of carbonyl (C=O) groups is 1. The van der Waals surface area contributed by atoms with Crippen LogP contribution < -0.4 is 10.1 Å². The molecule has 0 spiro atoms. The van der Waals surface area contributed by atoms with Gasteiger partial charge in [-0.2, -0.15) is 0 Å². The van der Waals surface area contributed by atoms with Crippen molar-refractivity contribution in [3.63, 3.8) is 0 Å².